The summed E-state index contributed by atoms with van der Waals surface area (Å²) < 4.78 is 0. The van der Waals surface area contributed by atoms with Gasteiger partial charge in [-0.25, -0.2) is 0 Å². The van der Waals surface area contributed by atoms with Crippen molar-refractivity contribution in [2.45, 2.75) is 51.2 Å². The van der Waals surface area contributed by atoms with Crippen LogP contribution in [0.2, 0.25) is 0 Å². The minimum Gasteiger partial charge on any atom is -0.390 e. The Balaban J connectivity index is 1.42. The maximum absolute atomic E-state index is 12.6. The van der Waals surface area contributed by atoms with Crippen LogP contribution < -0.4 is 0 Å². The molecule has 1 amide bonds. The third kappa shape index (κ3) is 6.91. The number of hydrogen-bond donors (Lipinski definition) is 1. The molecule has 1 aromatic rings. The zero-order valence-corrected chi connectivity index (χ0v) is 16.6. The lowest BCUT2D eigenvalue weighted by molar-refractivity contribution is -0.132. The van der Waals surface area contributed by atoms with Crippen LogP contribution in [0, 0.1) is 0 Å². The minimum atomic E-state index is -0.467. The summed E-state index contributed by atoms with van der Waals surface area (Å²) in [5.74, 6) is 0.199. The largest absolute Gasteiger partial charge is 0.390 e. The van der Waals surface area contributed by atoms with Crippen LogP contribution in [-0.2, 0) is 11.3 Å². The van der Waals surface area contributed by atoms with Gasteiger partial charge in [0.2, 0.25) is 5.91 Å². The van der Waals surface area contributed by atoms with Gasteiger partial charge in [0, 0.05) is 39.1 Å². The molecule has 1 atom stereocenters. The maximum atomic E-state index is 12.6. The topological polar surface area (TPSA) is 47.0 Å². The molecule has 1 aromatic carbocycles. The van der Waals surface area contributed by atoms with E-state index < -0.39 is 6.10 Å². The van der Waals surface area contributed by atoms with Crippen LogP contribution in [0.1, 0.15) is 44.1 Å². The first-order valence-corrected chi connectivity index (χ1v) is 10.7. The first-order chi connectivity index (χ1) is 13.2. The van der Waals surface area contributed by atoms with E-state index in [1.807, 2.05) is 23.1 Å². The highest BCUT2D eigenvalue weighted by Gasteiger charge is 2.24. The molecular formula is C22H35N3O2. The molecule has 0 spiro atoms. The Morgan fingerprint density at radius 1 is 0.926 bits per heavy atom. The average Bonchev–Trinajstić information content (AvgIpc) is 3.03. The Labute approximate surface area is 163 Å². The van der Waals surface area contributed by atoms with Crippen LogP contribution >= 0.6 is 0 Å². The summed E-state index contributed by atoms with van der Waals surface area (Å²) >= 11 is 0. The van der Waals surface area contributed by atoms with Crippen LogP contribution in [0.25, 0.3) is 0 Å². The number of carbonyl (C=O) groups is 1. The number of β-amino-alcohol motifs (C(OH)–C–C–N with tert-alkyl or cyclic N) is 1. The molecule has 1 unspecified atom stereocenters. The molecule has 3 rings (SSSR count). The summed E-state index contributed by atoms with van der Waals surface area (Å²) in [7, 11) is 0. The fraction of sp³-hybridized carbons (Fsp3) is 0.682. The number of benzene rings is 1. The number of aliphatic hydroxyl groups excluding tert-OH is 1. The van der Waals surface area contributed by atoms with E-state index in [9.17, 15) is 9.90 Å². The van der Waals surface area contributed by atoms with E-state index in [0.717, 1.165) is 26.1 Å². The van der Waals surface area contributed by atoms with E-state index >= 15 is 0 Å². The van der Waals surface area contributed by atoms with Gasteiger partial charge >= 0.3 is 0 Å². The summed E-state index contributed by atoms with van der Waals surface area (Å²) in [6, 6.07) is 10.3. The number of nitrogens with zero attached hydrogens (tertiary/aromatic N) is 3. The van der Waals surface area contributed by atoms with Crippen LogP contribution in [0.4, 0.5) is 0 Å². The van der Waals surface area contributed by atoms with Crippen molar-refractivity contribution in [2.24, 2.45) is 0 Å². The van der Waals surface area contributed by atoms with E-state index in [-0.39, 0.29) is 5.91 Å². The molecule has 2 aliphatic rings. The van der Waals surface area contributed by atoms with Gasteiger partial charge in [-0.05, 0) is 44.5 Å². The molecule has 1 N–H and O–H groups in total. The molecule has 150 valence electrons. The zero-order chi connectivity index (χ0) is 18.9. The normalized spacial score (nSPS) is 23.0. The standard InChI is InChI=1S/C22H35N3O2/c26-21-18-24(17-20-9-4-3-5-10-20)15-16-25(19-21)22(27)11-8-14-23-12-6-1-2-7-13-23/h3-5,9-10,21,26H,1-2,6-8,11-19H2. The first-order valence-electron chi connectivity index (χ1n) is 10.7. The van der Waals surface area contributed by atoms with E-state index in [1.54, 1.807) is 0 Å². The van der Waals surface area contributed by atoms with Gasteiger partial charge in [0.25, 0.3) is 0 Å². The molecule has 0 bridgehead atoms. The molecule has 2 saturated heterocycles. The van der Waals surface area contributed by atoms with Crippen molar-refractivity contribution in [3.63, 3.8) is 0 Å². The van der Waals surface area contributed by atoms with Crippen molar-refractivity contribution in [1.82, 2.24) is 14.7 Å². The second-order valence-electron chi connectivity index (χ2n) is 8.07. The summed E-state index contributed by atoms with van der Waals surface area (Å²) in [6.45, 7) is 6.86. The van der Waals surface area contributed by atoms with Gasteiger partial charge in [-0.2, -0.15) is 0 Å². The van der Waals surface area contributed by atoms with Crippen molar-refractivity contribution >= 4 is 5.91 Å². The number of amides is 1. The predicted molar refractivity (Wildman–Crippen MR) is 108 cm³/mol. The van der Waals surface area contributed by atoms with Gasteiger partial charge in [-0.15, -0.1) is 0 Å². The molecule has 2 fully saturated rings. The lowest BCUT2D eigenvalue weighted by atomic mass is 10.2. The maximum Gasteiger partial charge on any atom is 0.222 e. The van der Waals surface area contributed by atoms with Crippen LogP contribution in [0.15, 0.2) is 30.3 Å². The highest BCUT2D eigenvalue weighted by atomic mass is 16.3. The van der Waals surface area contributed by atoms with E-state index in [2.05, 4.69) is 21.9 Å². The molecule has 5 nitrogen and oxygen atoms in total. The van der Waals surface area contributed by atoms with Gasteiger partial charge in [-0.1, -0.05) is 43.2 Å². The van der Waals surface area contributed by atoms with Crippen molar-refractivity contribution in [3.05, 3.63) is 35.9 Å². The lowest BCUT2D eigenvalue weighted by Crippen LogP contribution is -2.38. The molecule has 27 heavy (non-hydrogen) atoms. The predicted octanol–water partition coefficient (Wildman–Crippen LogP) is 2.35. The van der Waals surface area contributed by atoms with Crippen LogP contribution in [0.5, 0.6) is 0 Å². The third-order valence-electron chi connectivity index (χ3n) is 5.75. The van der Waals surface area contributed by atoms with Crippen molar-refractivity contribution in [3.8, 4) is 0 Å². The molecule has 2 heterocycles. The number of aliphatic hydroxyl groups is 1. The zero-order valence-electron chi connectivity index (χ0n) is 16.6. The van der Waals surface area contributed by atoms with Gasteiger partial charge in [0.1, 0.15) is 0 Å². The van der Waals surface area contributed by atoms with Gasteiger partial charge in [-0.3, -0.25) is 9.69 Å². The molecule has 2 aliphatic heterocycles. The highest BCUT2D eigenvalue weighted by Crippen LogP contribution is 2.13. The second kappa shape index (κ2) is 10.8. The molecule has 0 aromatic heterocycles. The highest BCUT2D eigenvalue weighted by molar-refractivity contribution is 5.76. The van der Waals surface area contributed by atoms with Gasteiger partial charge in [0.05, 0.1) is 6.10 Å². The summed E-state index contributed by atoms with van der Waals surface area (Å²) in [4.78, 5) is 19.3. The Kier molecular flexibility index (Phi) is 8.11. The first kappa shape index (κ1) is 20.3. The smallest absolute Gasteiger partial charge is 0.222 e. The van der Waals surface area contributed by atoms with E-state index in [1.165, 1.54) is 44.3 Å². The monoisotopic (exact) mass is 373 g/mol. The van der Waals surface area contributed by atoms with Crippen molar-refractivity contribution < 1.29 is 9.90 Å². The SMILES string of the molecule is O=C(CCCN1CCCCCC1)N1CCN(Cc2ccccc2)CC(O)C1. The number of carbonyl (C=O) groups excluding carboxylic acids is 1. The number of rotatable bonds is 6. The fourth-order valence-corrected chi connectivity index (χ4v) is 4.24. The Bertz CT molecular complexity index is 558. The Morgan fingerprint density at radius 2 is 1.67 bits per heavy atom. The van der Waals surface area contributed by atoms with Gasteiger partial charge in [0.15, 0.2) is 0 Å². The Hall–Kier alpha value is -1.43. The van der Waals surface area contributed by atoms with Crippen molar-refractivity contribution in [2.75, 3.05) is 45.8 Å². The summed E-state index contributed by atoms with van der Waals surface area (Å²) in [5.41, 5.74) is 1.25. The molecule has 0 radical (unpaired) electrons. The third-order valence-corrected chi connectivity index (χ3v) is 5.75. The number of likely N-dealkylation sites (tertiary alicyclic amines) is 1. The lowest BCUT2D eigenvalue weighted by Gasteiger charge is -2.23. The minimum absolute atomic E-state index is 0.199. The van der Waals surface area contributed by atoms with Crippen LogP contribution in [0.3, 0.4) is 0 Å². The van der Waals surface area contributed by atoms with Gasteiger partial charge < -0.3 is 14.9 Å². The molecule has 0 saturated carbocycles. The van der Waals surface area contributed by atoms with E-state index in [0.29, 0.717) is 26.1 Å². The van der Waals surface area contributed by atoms with Crippen molar-refractivity contribution in [1.29, 1.82) is 0 Å². The second-order valence-corrected chi connectivity index (χ2v) is 8.07. The number of hydrogen-bond acceptors (Lipinski definition) is 4. The molecular weight excluding hydrogens is 338 g/mol. The van der Waals surface area contributed by atoms with Crippen LogP contribution in [-0.4, -0.2) is 77.6 Å². The summed E-state index contributed by atoms with van der Waals surface area (Å²) in [5, 5.41) is 10.4. The summed E-state index contributed by atoms with van der Waals surface area (Å²) in [6.07, 6.45) is 6.35. The molecule has 5 heteroatoms. The Morgan fingerprint density at radius 3 is 2.41 bits per heavy atom. The quantitative estimate of drug-likeness (QED) is 0.832. The molecule has 0 aliphatic carbocycles. The average molecular weight is 374 g/mol. The van der Waals surface area contributed by atoms with E-state index in [4.69, 9.17) is 0 Å². The fourth-order valence-electron chi connectivity index (χ4n) is 4.24.